The fourth-order valence-electron chi connectivity index (χ4n) is 2.91. The van der Waals surface area contributed by atoms with Crippen molar-refractivity contribution in [3.8, 4) is 0 Å². The van der Waals surface area contributed by atoms with E-state index in [2.05, 4.69) is 22.5 Å². The summed E-state index contributed by atoms with van der Waals surface area (Å²) in [6.07, 6.45) is 1.32. The molecule has 1 aliphatic heterocycles. The molecular formula is C18H16BrNO3S. The molecule has 0 saturated carbocycles. The highest BCUT2D eigenvalue weighted by Gasteiger charge is 2.50. The molecule has 124 valence electrons. The molecule has 4 nitrogen and oxygen atoms in total. The number of carbonyl (C=O) groups excluding carboxylic acids is 2. The summed E-state index contributed by atoms with van der Waals surface area (Å²) in [5, 5.41) is 11.1. The lowest BCUT2D eigenvalue weighted by atomic mass is 9.89. The van der Waals surface area contributed by atoms with E-state index in [0.717, 1.165) is 9.35 Å². The van der Waals surface area contributed by atoms with Crippen LogP contribution in [0.1, 0.15) is 26.5 Å². The minimum absolute atomic E-state index is 0.240. The molecule has 1 N–H and O–H groups in total. The van der Waals surface area contributed by atoms with E-state index in [4.69, 9.17) is 0 Å². The minimum atomic E-state index is -1.85. The number of aryl methyl sites for hydroxylation is 1. The molecular weight excluding hydrogens is 390 g/mol. The van der Waals surface area contributed by atoms with Crippen LogP contribution in [0.3, 0.4) is 0 Å². The van der Waals surface area contributed by atoms with Crippen molar-refractivity contribution < 1.29 is 14.7 Å². The van der Waals surface area contributed by atoms with Crippen molar-refractivity contribution in [2.75, 3.05) is 11.4 Å². The molecule has 0 radical (unpaired) electrons. The number of benzene rings is 1. The SMILES string of the molecule is C=CCN1C(=O)C(O)(CC(=O)c2ccc(C)s2)c2cc(Br)ccc21. The predicted molar refractivity (Wildman–Crippen MR) is 98.6 cm³/mol. The van der Waals surface area contributed by atoms with Crippen LogP contribution in [0.4, 0.5) is 5.69 Å². The molecule has 1 atom stereocenters. The monoisotopic (exact) mass is 405 g/mol. The number of anilines is 1. The van der Waals surface area contributed by atoms with Crippen LogP contribution in [-0.4, -0.2) is 23.3 Å². The fourth-order valence-corrected chi connectivity index (χ4v) is 4.07. The van der Waals surface area contributed by atoms with Gasteiger partial charge in [-0.05, 0) is 37.3 Å². The average molecular weight is 406 g/mol. The standard InChI is InChI=1S/C18H16BrNO3S/c1-3-8-20-14-6-5-12(19)9-13(14)18(23,17(20)22)10-15(21)16-7-4-11(2)24-16/h3-7,9,23H,1,8,10H2,2H3. The Morgan fingerprint density at radius 1 is 1.42 bits per heavy atom. The highest BCUT2D eigenvalue weighted by molar-refractivity contribution is 9.10. The molecule has 1 aromatic heterocycles. The smallest absolute Gasteiger partial charge is 0.264 e. The second-order valence-electron chi connectivity index (χ2n) is 5.74. The molecule has 0 bridgehead atoms. The summed E-state index contributed by atoms with van der Waals surface area (Å²) in [6, 6.07) is 8.85. The van der Waals surface area contributed by atoms with Gasteiger partial charge in [-0.1, -0.05) is 22.0 Å². The van der Waals surface area contributed by atoms with Crippen LogP contribution in [0.15, 0.2) is 47.5 Å². The van der Waals surface area contributed by atoms with Gasteiger partial charge in [0.25, 0.3) is 5.91 Å². The summed E-state index contributed by atoms with van der Waals surface area (Å²) >= 11 is 4.73. The number of Topliss-reactive ketones (excluding diaryl/α,β-unsaturated/α-hetero) is 1. The summed E-state index contributed by atoms with van der Waals surface area (Å²) in [4.78, 5) is 28.4. The van der Waals surface area contributed by atoms with Crippen molar-refractivity contribution in [2.24, 2.45) is 0 Å². The van der Waals surface area contributed by atoms with Crippen molar-refractivity contribution >= 4 is 44.6 Å². The molecule has 2 heterocycles. The summed E-state index contributed by atoms with van der Waals surface area (Å²) < 4.78 is 0.743. The number of fused-ring (bicyclic) bond motifs is 1. The summed E-state index contributed by atoms with van der Waals surface area (Å²) in [6.45, 7) is 5.85. The molecule has 0 spiro atoms. The third-order valence-corrected chi connectivity index (χ3v) is 5.57. The third kappa shape index (κ3) is 2.75. The first-order chi connectivity index (χ1) is 11.4. The second-order valence-corrected chi connectivity index (χ2v) is 7.94. The molecule has 24 heavy (non-hydrogen) atoms. The number of thiophene rings is 1. The maximum Gasteiger partial charge on any atom is 0.264 e. The molecule has 0 saturated heterocycles. The van der Waals surface area contributed by atoms with E-state index in [1.165, 1.54) is 16.2 Å². The van der Waals surface area contributed by atoms with Gasteiger partial charge >= 0.3 is 0 Å². The highest BCUT2D eigenvalue weighted by Crippen LogP contribution is 2.44. The molecule has 1 amide bonds. The number of amides is 1. The van der Waals surface area contributed by atoms with E-state index < -0.39 is 11.5 Å². The lowest BCUT2D eigenvalue weighted by Crippen LogP contribution is -2.41. The zero-order valence-corrected chi connectivity index (χ0v) is 15.5. The van der Waals surface area contributed by atoms with Crippen LogP contribution in [0.25, 0.3) is 0 Å². The van der Waals surface area contributed by atoms with Crippen LogP contribution >= 0.6 is 27.3 Å². The topological polar surface area (TPSA) is 57.6 Å². The number of aliphatic hydroxyl groups is 1. The van der Waals surface area contributed by atoms with Gasteiger partial charge in [0.1, 0.15) is 0 Å². The zero-order valence-electron chi connectivity index (χ0n) is 13.1. The Morgan fingerprint density at radius 3 is 2.79 bits per heavy atom. The lowest BCUT2D eigenvalue weighted by molar-refractivity contribution is -0.135. The minimum Gasteiger partial charge on any atom is -0.375 e. The quantitative estimate of drug-likeness (QED) is 0.607. The Morgan fingerprint density at radius 2 is 2.17 bits per heavy atom. The van der Waals surface area contributed by atoms with Crippen molar-refractivity contribution in [2.45, 2.75) is 18.9 Å². The van der Waals surface area contributed by atoms with Gasteiger partial charge < -0.3 is 10.0 Å². The number of rotatable bonds is 5. The Bertz CT molecular complexity index is 845. The Balaban J connectivity index is 2.02. The first kappa shape index (κ1) is 17.1. The van der Waals surface area contributed by atoms with Gasteiger partial charge in [0.2, 0.25) is 0 Å². The van der Waals surface area contributed by atoms with E-state index in [0.29, 0.717) is 16.1 Å². The maximum atomic E-state index is 12.8. The van der Waals surface area contributed by atoms with Gasteiger partial charge in [-0.3, -0.25) is 9.59 Å². The van der Waals surface area contributed by atoms with E-state index in [-0.39, 0.29) is 18.7 Å². The van der Waals surface area contributed by atoms with Gasteiger partial charge in [-0.25, -0.2) is 0 Å². The van der Waals surface area contributed by atoms with Crippen LogP contribution in [0.2, 0.25) is 0 Å². The molecule has 0 fully saturated rings. The van der Waals surface area contributed by atoms with E-state index >= 15 is 0 Å². The van der Waals surface area contributed by atoms with Crippen LogP contribution in [0, 0.1) is 6.92 Å². The normalized spacial score (nSPS) is 19.5. The molecule has 1 aliphatic rings. The highest BCUT2D eigenvalue weighted by atomic mass is 79.9. The number of nitrogens with zero attached hydrogens (tertiary/aromatic N) is 1. The number of ketones is 1. The Kier molecular flexibility index (Phi) is 4.46. The fraction of sp³-hybridized carbons (Fsp3) is 0.222. The Hall–Kier alpha value is -1.76. The molecule has 3 rings (SSSR count). The van der Waals surface area contributed by atoms with Gasteiger partial charge in [0.15, 0.2) is 11.4 Å². The predicted octanol–water partition coefficient (Wildman–Crippen LogP) is 3.81. The van der Waals surface area contributed by atoms with E-state index in [1.807, 2.05) is 13.0 Å². The summed E-state index contributed by atoms with van der Waals surface area (Å²) in [7, 11) is 0. The summed E-state index contributed by atoms with van der Waals surface area (Å²) in [5.74, 6) is -0.729. The average Bonchev–Trinajstić information content (AvgIpc) is 3.05. The number of halogens is 1. The molecule has 6 heteroatoms. The number of hydrogen-bond acceptors (Lipinski definition) is 4. The second kappa shape index (κ2) is 6.27. The molecule has 1 aromatic carbocycles. The molecule has 0 aliphatic carbocycles. The van der Waals surface area contributed by atoms with Crippen LogP contribution < -0.4 is 4.90 Å². The zero-order chi connectivity index (χ0) is 17.5. The van der Waals surface area contributed by atoms with E-state index in [1.54, 1.807) is 30.3 Å². The van der Waals surface area contributed by atoms with Gasteiger partial charge in [0, 0.05) is 21.5 Å². The first-order valence-electron chi connectivity index (χ1n) is 7.41. The van der Waals surface area contributed by atoms with Crippen LogP contribution in [-0.2, 0) is 10.4 Å². The first-order valence-corrected chi connectivity index (χ1v) is 9.02. The number of carbonyl (C=O) groups is 2. The Labute approximate surface area is 152 Å². The molecule has 2 aromatic rings. The van der Waals surface area contributed by atoms with Gasteiger partial charge in [-0.15, -0.1) is 17.9 Å². The van der Waals surface area contributed by atoms with E-state index in [9.17, 15) is 14.7 Å². The van der Waals surface area contributed by atoms with Gasteiger partial charge in [0.05, 0.1) is 17.0 Å². The van der Waals surface area contributed by atoms with Crippen molar-refractivity contribution in [1.29, 1.82) is 0 Å². The van der Waals surface area contributed by atoms with Crippen LogP contribution in [0.5, 0.6) is 0 Å². The summed E-state index contributed by atoms with van der Waals surface area (Å²) in [5.41, 5.74) is -0.789. The van der Waals surface area contributed by atoms with Crippen molar-refractivity contribution in [3.63, 3.8) is 0 Å². The maximum absolute atomic E-state index is 12.8. The van der Waals surface area contributed by atoms with Crippen molar-refractivity contribution in [3.05, 3.63) is 62.8 Å². The lowest BCUT2D eigenvalue weighted by Gasteiger charge is -2.21. The van der Waals surface area contributed by atoms with Crippen molar-refractivity contribution in [1.82, 2.24) is 0 Å². The number of hydrogen-bond donors (Lipinski definition) is 1. The van der Waals surface area contributed by atoms with Gasteiger partial charge in [-0.2, -0.15) is 0 Å². The molecule has 1 unspecified atom stereocenters. The third-order valence-electron chi connectivity index (χ3n) is 4.04. The largest absolute Gasteiger partial charge is 0.375 e.